The number of hydrogen-bond acceptors (Lipinski definition) is 5. The molecule has 32 heavy (non-hydrogen) atoms. The normalized spacial score (nSPS) is 13.1. The molecular formula is C19H13ClF6N4O2. The summed E-state index contributed by atoms with van der Waals surface area (Å²) in [5, 5.41) is 3.77. The lowest BCUT2D eigenvalue weighted by Gasteiger charge is -2.20. The van der Waals surface area contributed by atoms with Gasteiger partial charge in [0.25, 0.3) is 5.89 Å². The van der Waals surface area contributed by atoms with Crippen LogP contribution in [0.3, 0.4) is 0 Å². The third-order valence-corrected chi connectivity index (χ3v) is 4.40. The van der Waals surface area contributed by atoms with Gasteiger partial charge < -0.3 is 14.2 Å². The van der Waals surface area contributed by atoms with Crippen LogP contribution < -0.4 is 4.74 Å². The van der Waals surface area contributed by atoms with Gasteiger partial charge in [-0.2, -0.15) is 31.3 Å². The number of fused-ring (bicyclic) bond motifs is 1. The van der Waals surface area contributed by atoms with Crippen LogP contribution in [0.4, 0.5) is 26.3 Å². The summed E-state index contributed by atoms with van der Waals surface area (Å²) in [4.78, 5) is 11.1. The third-order valence-electron chi connectivity index (χ3n) is 4.40. The van der Waals surface area contributed by atoms with Gasteiger partial charge in [0.2, 0.25) is 5.82 Å². The standard InChI is InChI=1S/C19H12F6N4O2.ClH/c1-9(18(20,21)22)30-15-5-3-11(6-12(15)19(23,24)25)17-28-16(29-31-17)10-2-4-13-14(7-10)27-8-26-13;/h2-9H,1H3,(H,26,27);1H. The Morgan fingerprint density at radius 3 is 2.41 bits per heavy atom. The molecule has 1 unspecified atom stereocenters. The summed E-state index contributed by atoms with van der Waals surface area (Å²) in [7, 11) is 0. The predicted molar refractivity (Wildman–Crippen MR) is 103 cm³/mol. The van der Waals surface area contributed by atoms with Crippen molar-refractivity contribution in [2.75, 3.05) is 0 Å². The number of halogens is 7. The maximum absolute atomic E-state index is 13.4. The molecule has 2 aromatic heterocycles. The first kappa shape index (κ1) is 23.4. The minimum absolute atomic E-state index is 0. The summed E-state index contributed by atoms with van der Waals surface area (Å²) >= 11 is 0. The van der Waals surface area contributed by atoms with E-state index in [9.17, 15) is 26.3 Å². The molecule has 1 atom stereocenters. The zero-order chi connectivity index (χ0) is 22.4. The van der Waals surface area contributed by atoms with E-state index in [1.54, 1.807) is 18.2 Å². The molecule has 0 fully saturated rings. The molecule has 6 nitrogen and oxygen atoms in total. The van der Waals surface area contributed by atoms with Gasteiger partial charge in [-0.15, -0.1) is 12.4 Å². The van der Waals surface area contributed by atoms with Crippen molar-refractivity contribution < 1.29 is 35.6 Å². The number of rotatable bonds is 4. The van der Waals surface area contributed by atoms with Gasteiger partial charge in [0.15, 0.2) is 6.10 Å². The van der Waals surface area contributed by atoms with Gasteiger partial charge in [-0.25, -0.2) is 4.98 Å². The van der Waals surface area contributed by atoms with Crippen molar-refractivity contribution in [3.8, 4) is 28.6 Å². The molecule has 4 aromatic rings. The summed E-state index contributed by atoms with van der Waals surface area (Å²) in [5.41, 5.74) is 0.414. The lowest BCUT2D eigenvalue weighted by Crippen LogP contribution is -2.31. The first-order chi connectivity index (χ1) is 14.5. The van der Waals surface area contributed by atoms with Gasteiger partial charge in [0.1, 0.15) is 5.75 Å². The highest BCUT2D eigenvalue weighted by Gasteiger charge is 2.41. The zero-order valence-corrected chi connectivity index (χ0v) is 16.8. The molecule has 0 spiro atoms. The second-order valence-corrected chi connectivity index (χ2v) is 6.57. The summed E-state index contributed by atoms with van der Waals surface area (Å²) in [6.45, 7) is 0.620. The highest BCUT2D eigenvalue weighted by molar-refractivity contribution is 5.85. The number of imidazole rings is 1. The molecule has 2 aromatic carbocycles. The Labute approximate surface area is 182 Å². The summed E-state index contributed by atoms with van der Waals surface area (Å²) in [6, 6.07) is 7.56. The number of H-pyrrole nitrogens is 1. The van der Waals surface area contributed by atoms with Crippen molar-refractivity contribution in [2.45, 2.75) is 25.4 Å². The molecule has 170 valence electrons. The van der Waals surface area contributed by atoms with E-state index in [0.717, 1.165) is 12.1 Å². The van der Waals surface area contributed by atoms with E-state index in [4.69, 9.17) is 4.52 Å². The van der Waals surface area contributed by atoms with Crippen molar-refractivity contribution in [3.63, 3.8) is 0 Å². The van der Waals surface area contributed by atoms with Crippen LogP contribution in [-0.4, -0.2) is 32.4 Å². The number of nitrogens with zero attached hydrogens (tertiary/aromatic N) is 3. The Balaban J connectivity index is 0.00000289. The topological polar surface area (TPSA) is 76.8 Å². The quantitative estimate of drug-likeness (QED) is 0.361. The lowest BCUT2D eigenvalue weighted by molar-refractivity contribution is -0.191. The van der Waals surface area contributed by atoms with Crippen LogP contribution in [0.25, 0.3) is 33.9 Å². The van der Waals surface area contributed by atoms with Gasteiger partial charge in [-0.1, -0.05) is 5.16 Å². The number of ether oxygens (including phenoxy) is 1. The van der Waals surface area contributed by atoms with Crippen molar-refractivity contribution in [1.82, 2.24) is 20.1 Å². The van der Waals surface area contributed by atoms with Gasteiger partial charge in [0.05, 0.1) is 22.9 Å². The Morgan fingerprint density at radius 1 is 1.00 bits per heavy atom. The first-order valence-corrected chi connectivity index (χ1v) is 8.74. The molecule has 1 N–H and O–H groups in total. The second-order valence-electron chi connectivity index (χ2n) is 6.57. The minimum Gasteiger partial charge on any atom is -0.481 e. The maximum Gasteiger partial charge on any atom is 0.425 e. The van der Waals surface area contributed by atoms with Gasteiger partial charge >= 0.3 is 12.4 Å². The largest absolute Gasteiger partial charge is 0.481 e. The third kappa shape index (κ3) is 4.64. The van der Waals surface area contributed by atoms with Crippen molar-refractivity contribution in [3.05, 3.63) is 48.3 Å². The number of alkyl halides is 6. The number of aromatic nitrogens is 4. The van der Waals surface area contributed by atoms with Crippen molar-refractivity contribution in [1.29, 1.82) is 0 Å². The number of nitrogens with one attached hydrogen (secondary N) is 1. The van der Waals surface area contributed by atoms with E-state index < -0.39 is 29.8 Å². The van der Waals surface area contributed by atoms with Gasteiger partial charge in [0, 0.05) is 11.1 Å². The Hall–Kier alpha value is -3.28. The van der Waals surface area contributed by atoms with Gasteiger partial charge in [-0.05, 0) is 43.3 Å². The molecule has 0 amide bonds. The van der Waals surface area contributed by atoms with E-state index in [2.05, 4.69) is 24.8 Å². The fourth-order valence-electron chi connectivity index (χ4n) is 2.78. The molecule has 0 saturated heterocycles. The van der Waals surface area contributed by atoms with Crippen molar-refractivity contribution in [2.24, 2.45) is 0 Å². The monoisotopic (exact) mass is 478 g/mol. The molecule has 13 heteroatoms. The summed E-state index contributed by atoms with van der Waals surface area (Å²) < 4.78 is 88.0. The molecule has 0 aliphatic carbocycles. The fraction of sp³-hybridized carbons (Fsp3) is 0.211. The SMILES string of the molecule is CC(Oc1ccc(-c2nc(-c3ccc4nc[nH]c4c3)no2)cc1C(F)(F)F)C(F)(F)F.Cl. The first-order valence-electron chi connectivity index (χ1n) is 8.74. The zero-order valence-electron chi connectivity index (χ0n) is 16.0. The van der Waals surface area contributed by atoms with Crippen molar-refractivity contribution >= 4 is 23.4 Å². The van der Waals surface area contributed by atoms with E-state index in [1.807, 2.05) is 0 Å². The maximum atomic E-state index is 13.4. The fourth-order valence-corrected chi connectivity index (χ4v) is 2.78. The van der Waals surface area contributed by atoms with E-state index >= 15 is 0 Å². The molecule has 0 radical (unpaired) electrons. The Kier molecular flexibility index (Phi) is 6.09. The number of benzene rings is 2. The van der Waals surface area contributed by atoms with Crippen LogP contribution in [-0.2, 0) is 6.18 Å². The summed E-state index contributed by atoms with van der Waals surface area (Å²) in [5.74, 6) is -1.07. The van der Waals surface area contributed by atoms with Crippen LogP contribution in [0.5, 0.6) is 5.75 Å². The second kappa shape index (κ2) is 8.34. The molecule has 0 aliphatic heterocycles. The van der Waals surface area contributed by atoms with E-state index in [-0.39, 0.29) is 29.7 Å². The highest BCUT2D eigenvalue weighted by atomic mass is 35.5. The summed E-state index contributed by atoms with van der Waals surface area (Å²) in [6.07, 6.45) is -10.7. The van der Waals surface area contributed by atoms with Crippen LogP contribution in [0, 0.1) is 0 Å². The molecule has 0 saturated carbocycles. The van der Waals surface area contributed by atoms with Crippen LogP contribution >= 0.6 is 12.4 Å². The van der Waals surface area contributed by atoms with Crippen LogP contribution in [0.2, 0.25) is 0 Å². The predicted octanol–water partition coefficient (Wildman–Crippen LogP) is 6.05. The number of hydrogen-bond donors (Lipinski definition) is 1. The lowest BCUT2D eigenvalue weighted by atomic mass is 10.1. The molecule has 2 heterocycles. The van der Waals surface area contributed by atoms with E-state index in [1.165, 1.54) is 6.33 Å². The molecule has 0 bridgehead atoms. The average Bonchev–Trinajstić information content (AvgIpc) is 3.35. The molecular weight excluding hydrogens is 466 g/mol. The molecule has 0 aliphatic rings. The smallest absolute Gasteiger partial charge is 0.425 e. The molecule has 4 rings (SSSR count). The Morgan fingerprint density at radius 2 is 1.72 bits per heavy atom. The van der Waals surface area contributed by atoms with Gasteiger partial charge in [-0.3, -0.25) is 0 Å². The van der Waals surface area contributed by atoms with Crippen LogP contribution in [0.15, 0.2) is 47.2 Å². The van der Waals surface area contributed by atoms with E-state index in [0.29, 0.717) is 29.6 Å². The number of aromatic amines is 1. The highest BCUT2D eigenvalue weighted by Crippen LogP contribution is 2.40. The minimum atomic E-state index is -4.97. The Bertz CT molecular complexity index is 1230. The van der Waals surface area contributed by atoms with Crippen LogP contribution in [0.1, 0.15) is 12.5 Å². The average molecular weight is 479 g/mol.